The molecule has 2 aliphatic heterocycles. The third-order valence-corrected chi connectivity index (χ3v) is 4.52. The summed E-state index contributed by atoms with van der Waals surface area (Å²) >= 11 is 6.18. The fraction of sp³-hybridized carbons (Fsp3) is 0.278. The van der Waals surface area contributed by atoms with Crippen molar-refractivity contribution in [2.45, 2.75) is 32.0 Å². The first-order valence-electron chi connectivity index (χ1n) is 7.63. The second-order valence-electron chi connectivity index (χ2n) is 5.68. The Labute approximate surface area is 135 Å². The van der Waals surface area contributed by atoms with Crippen LogP contribution in [0.25, 0.3) is 0 Å². The summed E-state index contributed by atoms with van der Waals surface area (Å²) < 4.78 is 6.09. The summed E-state index contributed by atoms with van der Waals surface area (Å²) in [5.41, 5.74) is 3.42. The Kier molecular flexibility index (Phi) is 3.30. The lowest BCUT2D eigenvalue weighted by molar-refractivity contribution is -0.0188. The zero-order valence-electron chi connectivity index (χ0n) is 12.4. The number of hydrogen-bond acceptors (Lipinski definition) is 3. The van der Waals surface area contributed by atoms with E-state index in [2.05, 4.69) is 24.1 Å². The van der Waals surface area contributed by atoms with E-state index in [1.165, 1.54) is 5.56 Å². The van der Waals surface area contributed by atoms with E-state index >= 15 is 0 Å². The number of fused-ring (bicyclic) bond motifs is 3. The van der Waals surface area contributed by atoms with E-state index in [4.69, 9.17) is 21.4 Å². The Morgan fingerprint density at radius 2 is 2.05 bits per heavy atom. The van der Waals surface area contributed by atoms with E-state index in [1.54, 1.807) is 0 Å². The molecule has 0 bridgehead atoms. The molecule has 2 aromatic carbocycles. The molecule has 2 heterocycles. The van der Waals surface area contributed by atoms with Gasteiger partial charge in [-0.2, -0.15) is 5.10 Å². The Balaban J connectivity index is 1.75. The molecule has 2 aromatic rings. The van der Waals surface area contributed by atoms with Crippen molar-refractivity contribution in [2.24, 2.45) is 5.10 Å². The maximum atomic E-state index is 6.18. The zero-order chi connectivity index (χ0) is 15.1. The van der Waals surface area contributed by atoms with Crippen LogP contribution in [0.2, 0.25) is 5.02 Å². The number of nitrogens with zero attached hydrogens (tertiary/aromatic N) is 2. The zero-order valence-corrected chi connectivity index (χ0v) is 13.1. The van der Waals surface area contributed by atoms with Crippen LogP contribution in [0, 0.1) is 0 Å². The number of benzene rings is 2. The highest BCUT2D eigenvalue weighted by atomic mass is 35.5. The summed E-state index contributed by atoms with van der Waals surface area (Å²) in [6.07, 6.45) is 1.77. The fourth-order valence-corrected chi connectivity index (χ4v) is 3.39. The van der Waals surface area contributed by atoms with Crippen LogP contribution in [-0.4, -0.2) is 16.9 Å². The number of halogens is 1. The van der Waals surface area contributed by atoms with Gasteiger partial charge >= 0.3 is 0 Å². The van der Waals surface area contributed by atoms with Gasteiger partial charge < -0.3 is 4.74 Å². The van der Waals surface area contributed by atoms with Gasteiger partial charge in [-0.25, -0.2) is 0 Å². The third kappa shape index (κ3) is 2.17. The Morgan fingerprint density at radius 1 is 1.23 bits per heavy atom. The molecule has 3 nitrogen and oxygen atoms in total. The van der Waals surface area contributed by atoms with Crippen molar-refractivity contribution in [3.63, 3.8) is 0 Å². The Bertz CT molecular complexity index is 729. The lowest BCUT2D eigenvalue weighted by Crippen LogP contribution is -2.39. The van der Waals surface area contributed by atoms with Crippen LogP contribution in [0.15, 0.2) is 53.6 Å². The van der Waals surface area contributed by atoms with E-state index in [-0.39, 0.29) is 12.3 Å². The molecule has 0 aromatic heterocycles. The van der Waals surface area contributed by atoms with Crippen molar-refractivity contribution >= 4 is 17.3 Å². The van der Waals surface area contributed by atoms with Crippen molar-refractivity contribution in [2.75, 3.05) is 0 Å². The number of ether oxygens (including phenoxy) is 1. The van der Waals surface area contributed by atoms with Gasteiger partial charge in [0.05, 0.1) is 11.8 Å². The van der Waals surface area contributed by atoms with E-state index in [0.29, 0.717) is 0 Å². The lowest BCUT2D eigenvalue weighted by atomic mass is 9.96. The predicted molar refractivity (Wildman–Crippen MR) is 88.3 cm³/mol. The number of hydrazone groups is 1. The molecule has 22 heavy (non-hydrogen) atoms. The second kappa shape index (κ2) is 5.33. The van der Waals surface area contributed by atoms with E-state index in [1.807, 2.05) is 36.4 Å². The van der Waals surface area contributed by atoms with Crippen LogP contribution in [0.4, 0.5) is 0 Å². The molecular weight excluding hydrogens is 296 g/mol. The summed E-state index contributed by atoms with van der Waals surface area (Å²) in [5.74, 6) is 0.932. The second-order valence-corrected chi connectivity index (χ2v) is 6.11. The highest BCUT2D eigenvalue weighted by Crippen LogP contribution is 2.44. The molecule has 2 atom stereocenters. The summed E-state index contributed by atoms with van der Waals surface area (Å²) in [6.45, 7) is 2.12. The van der Waals surface area contributed by atoms with Gasteiger partial charge in [0.15, 0.2) is 6.23 Å². The minimum absolute atomic E-state index is 0.0140. The average Bonchev–Trinajstić information content (AvgIpc) is 3.01. The first-order valence-corrected chi connectivity index (χ1v) is 8.01. The number of hydrogen-bond donors (Lipinski definition) is 0. The van der Waals surface area contributed by atoms with Gasteiger partial charge in [0.1, 0.15) is 5.75 Å². The molecule has 4 rings (SSSR count). The van der Waals surface area contributed by atoms with Crippen LogP contribution in [-0.2, 0) is 0 Å². The minimum Gasteiger partial charge on any atom is -0.469 e. The average molecular weight is 313 g/mol. The Morgan fingerprint density at radius 3 is 2.82 bits per heavy atom. The van der Waals surface area contributed by atoms with Gasteiger partial charge in [-0.05, 0) is 23.8 Å². The largest absolute Gasteiger partial charge is 0.469 e. The van der Waals surface area contributed by atoms with E-state index in [9.17, 15) is 0 Å². The SMILES string of the molecule is CC[C@H]1Oc2ccc(Cl)cc2[C@@H]2CC(c3ccccc3)=NN12. The van der Waals surface area contributed by atoms with Crippen molar-refractivity contribution in [1.82, 2.24) is 5.01 Å². The van der Waals surface area contributed by atoms with Crippen LogP contribution < -0.4 is 4.74 Å². The van der Waals surface area contributed by atoms with Gasteiger partial charge in [-0.3, -0.25) is 5.01 Å². The molecule has 0 saturated carbocycles. The standard InChI is InChI=1S/C18H17ClN2O/c1-2-18-21-16(14-10-13(19)8-9-17(14)22-18)11-15(20-21)12-6-4-3-5-7-12/h3-10,16,18H,2,11H2,1H3/t16-,18+/m0/s1. The van der Waals surface area contributed by atoms with Crippen molar-refractivity contribution in [1.29, 1.82) is 0 Å². The maximum absolute atomic E-state index is 6.18. The molecule has 0 saturated heterocycles. The van der Waals surface area contributed by atoms with Gasteiger partial charge in [0.25, 0.3) is 0 Å². The molecule has 0 fully saturated rings. The van der Waals surface area contributed by atoms with E-state index in [0.717, 1.165) is 34.9 Å². The Hall–Kier alpha value is -2.00. The molecule has 0 spiro atoms. The summed E-state index contributed by atoms with van der Waals surface area (Å²) in [7, 11) is 0. The first-order chi connectivity index (χ1) is 10.8. The van der Waals surface area contributed by atoms with Crippen molar-refractivity contribution in [3.8, 4) is 5.75 Å². The van der Waals surface area contributed by atoms with Crippen LogP contribution in [0.3, 0.4) is 0 Å². The highest BCUT2D eigenvalue weighted by molar-refractivity contribution is 6.30. The van der Waals surface area contributed by atoms with Gasteiger partial charge in [0.2, 0.25) is 0 Å². The molecule has 112 valence electrons. The van der Waals surface area contributed by atoms with Crippen LogP contribution in [0.5, 0.6) is 5.75 Å². The topological polar surface area (TPSA) is 24.8 Å². The van der Waals surface area contributed by atoms with Crippen LogP contribution in [0.1, 0.15) is 36.9 Å². The molecule has 0 amide bonds. The van der Waals surface area contributed by atoms with Gasteiger partial charge in [0, 0.05) is 23.4 Å². The summed E-state index contributed by atoms with van der Waals surface area (Å²) in [6, 6.07) is 16.4. The highest BCUT2D eigenvalue weighted by Gasteiger charge is 2.39. The molecule has 0 aliphatic carbocycles. The van der Waals surface area contributed by atoms with Gasteiger partial charge in [-0.15, -0.1) is 0 Å². The summed E-state index contributed by atoms with van der Waals surface area (Å²) in [4.78, 5) is 0. The molecule has 0 radical (unpaired) electrons. The third-order valence-electron chi connectivity index (χ3n) is 4.29. The monoisotopic (exact) mass is 312 g/mol. The fourth-order valence-electron chi connectivity index (χ4n) is 3.21. The first kappa shape index (κ1) is 13.6. The van der Waals surface area contributed by atoms with Gasteiger partial charge in [-0.1, -0.05) is 48.9 Å². The maximum Gasteiger partial charge on any atom is 0.187 e. The number of rotatable bonds is 2. The molecule has 0 N–H and O–H groups in total. The smallest absolute Gasteiger partial charge is 0.187 e. The molecule has 2 aliphatic rings. The predicted octanol–water partition coefficient (Wildman–Crippen LogP) is 4.62. The van der Waals surface area contributed by atoms with E-state index < -0.39 is 0 Å². The summed E-state index contributed by atoms with van der Waals surface area (Å²) in [5, 5.41) is 7.68. The normalized spacial score (nSPS) is 22.6. The van der Waals surface area contributed by atoms with Crippen molar-refractivity contribution in [3.05, 3.63) is 64.7 Å². The molecular formula is C18H17ClN2O. The minimum atomic E-state index is -0.0140. The lowest BCUT2D eigenvalue weighted by Gasteiger charge is -2.37. The molecule has 0 unspecified atom stereocenters. The molecule has 4 heteroatoms. The van der Waals surface area contributed by atoms with Crippen molar-refractivity contribution < 1.29 is 4.74 Å². The van der Waals surface area contributed by atoms with Crippen LogP contribution >= 0.6 is 11.6 Å². The quantitative estimate of drug-likeness (QED) is 0.808.